The molecule has 1 aromatic heterocycles. The average Bonchev–Trinajstić information content (AvgIpc) is 3.49. The molecule has 0 unspecified atom stereocenters. The molecule has 1 spiro atoms. The number of aromatic nitrogens is 2. The molecule has 1 amide bonds. The van der Waals surface area contributed by atoms with Gasteiger partial charge in [-0.2, -0.15) is 5.10 Å². The number of benzene rings is 3. The summed E-state index contributed by atoms with van der Waals surface area (Å²) in [5, 5.41) is 9.51. The molecule has 9 heteroatoms. The summed E-state index contributed by atoms with van der Waals surface area (Å²) < 4.78 is 24.3. The summed E-state index contributed by atoms with van der Waals surface area (Å²) in [6.07, 6.45) is 2.21. The van der Waals surface area contributed by atoms with Gasteiger partial charge in [-0.25, -0.2) is 9.07 Å². The smallest absolute Gasteiger partial charge is 0.250 e. The van der Waals surface area contributed by atoms with Crippen LogP contribution in [0.3, 0.4) is 0 Å². The number of likely N-dealkylation sites (tertiary alicyclic amines) is 1. The standard InChI is InChI=1S/C29H23Cl2FN4O2/c30-16-10-11-19-22(12-16)33-28(37)29(19)24(18-5-3-6-20(31)25(18)32)26-23(35(29)13-15-8-9-15)14-38-27-17-4-1-2-7-21(17)34-36(26)27/h1-7,10-12,15,23-24,26H,8-9,13-14H2,(H,33,37)/t23-,24-,26+,29+/m0/s1. The van der Waals surface area contributed by atoms with Crippen LogP contribution in [0.15, 0.2) is 60.7 Å². The Labute approximate surface area is 228 Å². The van der Waals surface area contributed by atoms with Crippen molar-refractivity contribution >= 4 is 45.7 Å². The summed E-state index contributed by atoms with van der Waals surface area (Å²) in [6, 6.07) is 17.8. The van der Waals surface area contributed by atoms with E-state index in [1.165, 1.54) is 0 Å². The molecule has 2 fully saturated rings. The van der Waals surface area contributed by atoms with Gasteiger partial charge in [0.05, 0.1) is 28.0 Å². The lowest BCUT2D eigenvalue weighted by Crippen LogP contribution is -2.54. The van der Waals surface area contributed by atoms with Gasteiger partial charge in [-0.3, -0.25) is 9.69 Å². The Morgan fingerprint density at radius 2 is 1.95 bits per heavy atom. The van der Waals surface area contributed by atoms with E-state index in [1.54, 1.807) is 30.3 Å². The highest BCUT2D eigenvalue weighted by atomic mass is 35.5. The third kappa shape index (κ3) is 2.92. The maximum Gasteiger partial charge on any atom is 0.250 e. The fourth-order valence-corrected chi connectivity index (χ4v) is 7.39. The second-order valence-corrected chi connectivity index (χ2v) is 11.6. The molecule has 1 saturated heterocycles. The first-order valence-electron chi connectivity index (χ1n) is 12.9. The van der Waals surface area contributed by atoms with Crippen LogP contribution in [0.2, 0.25) is 10.0 Å². The molecule has 4 atom stereocenters. The summed E-state index contributed by atoms with van der Waals surface area (Å²) in [6.45, 7) is 1.07. The minimum Gasteiger partial charge on any atom is -0.476 e. The second-order valence-electron chi connectivity index (χ2n) is 10.8. The van der Waals surface area contributed by atoms with E-state index in [1.807, 2.05) is 35.0 Å². The molecule has 6 nitrogen and oxygen atoms in total. The number of nitrogens with one attached hydrogen (secondary N) is 1. The number of hydrogen-bond donors (Lipinski definition) is 1. The topological polar surface area (TPSA) is 59.4 Å². The lowest BCUT2D eigenvalue weighted by Gasteiger charge is -2.39. The summed E-state index contributed by atoms with van der Waals surface area (Å²) in [7, 11) is 0. The lowest BCUT2D eigenvalue weighted by atomic mass is 9.73. The summed E-state index contributed by atoms with van der Waals surface area (Å²) in [5.41, 5.74) is 1.46. The van der Waals surface area contributed by atoms with Crippen LogP contribution in [0.5, 0.6) is 5.88 Å². The van der Waals surface area contributed by atoms with E-state index in [0.717, 1.165) is 29.3 Å². The zero-order chi connectivity index (χ0) is 25.8. The molecule has 0 radical (unpaired) electrons. The van der Waals surface area contributed by atoms with Gasteiger partial charge >= 0.3 is 0 Å². The van der Waals surface area contributed by atoms with Gasteiger partial charge in [0, 0.05) is 28.7 Å². The first-order valence-corrected chi connectivity index (χ1v) is 13.7. The Hall–Kier alpha value is -3.13. The van der Waals surface area contributed by atoms with Crippen molar-refractivity contribution in [3.05, 3.63) is 87.7 Å². The fraction of sp³-hybridized carbons (Fsp3) is 0.310. The molecule has 3 aromatic carbocycles. The average molecular weight is 549 g/mol. The Morgan fingerprint density at radius 3 is 2.79 bits per heavy atom. The summed E-state index contributed by atoms with van der Waals surface area (Å²) in [4.78, 5) is 16.6. The van der Waals surface area contributed by atoms with Crippen molar-refractivity contribution in [3.8, 4) is 5.88 Å². The number of ether oxygens (including phenoxy) is 1. The third-order valence-corrected chi connectivity index (χ3v) is 9.25. The molecule has 8 rings (SSSR count). The number of carbonyl (C=O) groups is 1. The number of anilines is 1. The third-order valence-electron chi connectivity index (χ3n) is 8.73. The largest absolute Gasteiger partial charge is 0.476 e. The zero-order valence-electron chi connectivity index (χ0n) is 20.2. The molecule has 192 valence electrons. The number of halogens is 3. The SMILES string of the molecule is O=C1Nc2cc(Cl)ccc2[C@@]12[C@@H](c1cccc(Cl)c1F)[C@H]1[C@H](COc3c4ccccc4nn31)N2CC1CC1. The van der Waals surface area contributed by atoms with Crippen LogP contribution in [0, 0.1) is 11.7 Å². The number of fused-ring (bicyclic) bond motifs is 7. The number of carbonyl (C=O) groups excluding carboxylic acids is 1. The van der Waals surface area contributed by atoms with Gasteiger partial charge < -0.3 is 10.1 Å². The van der Waals surface area contributed by atoms with E-state index in [9.17, 15) is 4.79 Å². The van der Waals surface area contributed by atoms with Gasteiger partial charge in [0.1, 0.15) is 18.0 Å². The van der Waals surface area contributed by atoms with Crippen LogP contribution in [0.4, 0.5) is 10.1 Å². The van der Waals surface area contributed by atoms with Crippen LogP contribution >= 0.6 is 23.2 Å². The van der Waals surface area contributed by atoms with Crippen LogP contribution in [0.1, 0.15) is 35.9 Å². The predicted molar refractivity (Wildman–Crippen MR) is 143 cm³/mol. The van der Waals surface area contributed by atoms with Crippen molar-refractivity contribution in [2.24, 2.45) is 5.92 Å². The molecule has 1 aliphatic carbocycles. The van der Waals surface area contributed by atoms with Gasteiger partial charge in [0.15, 0.2) is 0 Å². The zero-order valence-corrected chi connectivity index (χ0v) is 21.7. The molecular formula is C29H23Cl2FN4O2. The van der Waals surface area contributed by atoms with E-state index in [4.69, 9.17) is 33.0 Å². The van der Waals surface area contributed by atoms with Crippen molar-refractivity contribution in [3.63, 3.8) is 0 Å². The lowest BCUT2D eigenvalue weighted by molar-refractivity contribution is -0.128. The highest BCUT2D eigenvalue weighted by Crippen LogP contribution is 2.63. The van der Waals surface area contributed by atoms with E-state index >= 15 is 4.39 Å². The van der Waals surface area contributed by atoms with Crippen molar-refractivity contribution in [1.82, 2.24) is 14.7 Å². The highest BCUT2D eigenvalue weighted by molar-refractivity contribution is 6.31. The van der Waals surface area contributed by atoms with Gasteiger partial charge in [-0.1, -0.05) is 53.5 Å². The maximum absolute atomic E-state index is 16.0. The molecule has 38 heavy (non-hydrogen) atoms. The molecule has 4 heterocycles. The van der Waals surface area contributed by atoms with Crippen molar-refractivity contribution in [1.29, 1.82) is 0 Å². The minimum atomic E-state index is -1.19. The van der Waals surface area contributed by atoms with Crippen LogP contribution in [-0.2, 0) is 10.3 Å². The van der Waals surface area contributed by atoms with Crippen LogP contribution in [-0.4, -0.2) is 39.8 Å². The Kier molecular flexibility index (Phi) is 4.77. The molecule has 3 aliphatic heterocycles. The normalized spacial score (nSPS) is 27.8. The Morgan fingerprint density at radius 1 is 1.11 bits per heavy atom. The highest BCUT2D eigenvalue weighted by Gasteiger charge is 2.69. The molecule has 4 aliphatic rings. The van der Waals surface area contributed by atoms with Crippen LogP contribution in [0.25, 0.3) is 10.9 Å². The first kappa shape index (κ1) is 22.8. The van der Waals surface area contributed by atoms with E-state index in [-0.39, 0.29) is 23.0 Å². The number of hydrogen-bond acceptors (Lipinski definition) is 4. The number of amides is 1. The molecular weight excluding hydrogens is 526 g/mol. The predicted octanol–water partition coefficient (Wildman–Crippen LogP) is 6.14. The molecule has 1 N–H and O–H groups in total. The van der Waals surface area contributed by atoms with Crippen molar-refractivity contribution in [2.45, 2.75) is 36.4 Å². The number of rotatable bonds is 3. The molecule has 1 saturated carbocycles. The van der Waals surface area contributed by atoms with Crippen molar-refractivity contribution in [2.75, 3.05) is 18.5 Å². The van der Waals surface area contributed by atoms with E-state index in [0.29, 0.717) is 41.2 Å². The first-order chi connectivity index (χ1) is 18.5. The number of nitrogens with zero attached hydrogens (tertiary/aromatic N) is 3. The van der Waals surface area contributed by atoms with Gasteiger partial charge in [-0.05, 0) is 54.7 Å². The minimum absolute atomic E-state index is 0.0301. The summed E-state index contributed by atoms with van der Waals surface area (Å²) >= 11 is 12.7. The van der Waals surface area contributed by atoms with Crippen LogP contribution < -0.4 is 10.1 Å². The van der Waals surface area contributed by atoms with Gasteiger partial charge in [0.2, 0.25) is 11.8 Å². The van der Waals surface area contributed by atoms with Crippen molar-refractivity contribution < 1.29 is 13.9 Å². The molecule has 0 bridgehead atoms. The van der Waals surface area contributed by atoms with Gasteiger partial charge in [-0.15, -0.1) is 0 Å². The Bertz CT molecular complexity index is 1650. The fourth-order valence-electron chi connectivity index (χ4n) is 7.04. The maximum atomic E-state index is 16.0. The van der Waals surface area contributed by atoms with Gasteiger partial charge in [0.25, 0.3) is 0 Å². The molecule has 4 aromatic rings. The Balaban J connectivity index is 1.45. The second kappa shape index (κ2) is 7.94. The summed E-state index contributed by atoms with van der Waals surface area (Å²) in [5.74, 6) is -0.201. The van der Waals surface area contributed by atoms with E-state index in [2.05, 4.69) is 10.2 Å². The quantitative estimate of drug-likeness (QED) is 0.334. The monoisotopic (exact) mass is 548 g/mol. The van der Waals surface area contributed by atoms with E-state index < -0.39 is 17.3 Å².